The monoisotopic (exact) mass is 486 g/mol. The van der Waals surface area contributed by atoms with Crippen LogP contribution >= 0.6 is 0 Å². The summed E-state index contributed by atoms with van der Waals surface area (Å²) in [4.78, 5) is 16.3. The minimum absolute atomic E-state index is 0.0962. The van der Waals surface area contributed by atoms with E-state index >= 15 is 0 Å². The van der Waals surface area contributed by atoms with Gasteiger partial charge in [0.25, 0.3) is 5.92 Å². The van der Waals surface area contributed by atoms with Gasteiger partial charge in [0, 0.05) is 39.7 Å². The Morgan fingerprint density at radius 1 is 1.14 bits per heavy atom. The van der Waals surface area contributed by atoms with Gasteiger partial charge in [0.1, 0.15) is 18.2 Å². The summed E-state index contributed by atoms with van der Waals surface area (Å²) in [5.41, 5.74) is 2.33. The lowest BCUT2D eigenvalue weighted by Crippen LogP contribution is -2.34. The summed E-state index contributed by atoms with van der Waals surface area (Å²) >= 11 is 0. The summed E-state index contributed by atoms with van der Waals surface area (Å²) < 4.78 is 33.6. The highest BCUT2D eigenvalue weighted by Crippen LogP contribution is 2.30. The zero-order chi connectivity index (χ0) is 26.4. The van der Waals surface area contributed by atoms with E-state index in [0.29, 0.717) is 23.8 Å². The second kappa shape index (κ2) is 14.6. The predicted molar refractivity (Wildman–Crippen MR) is 138 cm³/mol. The third-order valence-electron chi connectivity index (χ3n) is 5.13. The van der Waals surface area contributed by atoms with Crippen molar-refractivity contribution in [3.63, 3.8) is 0 Å². The van der Waals surface area contributed by atoms with Crippen LogP contribution in [0.15, 0.2) is 83.4 Å². The summed E-state index contributed by atoms with van der Waals surface area (Å²) in [6.07, 6.45) is 0.933. The number of aliphatic imine (C=N–C) groups is 1. The van der Waals surface area contributed by atoms with E-state index < -0.39 is 5.92 Å². The van der Waals surface area contributed by atoms with Gasteiger partial charge in [-0.2, -0.15) is 0 Å². The molecule has 35 heavy (non-hydrogen) atoms. The van der Waals surface area contributed by atoms with Crippen LogP contribution in [-0.4, -0.2) is 50.7 Å². The number of carbonyl (C=O) groups excluding carboxylic acids is 1. The molecule has 2 rings (SSSR count). The molecular formula is C27H36F2N4O2. The van der Waals surface area contributed by atoms with Crippen LogP contribution in [0.4, 0.5) is 8.78 Å². The molecule has 2 aromatic carbocycles. The van der Waals surface area contributed by atoms with Crippen LogP contribution in [0, 0.1) is 0 Å². The van der Waals surface area contributed by atoms with Crippen molar-refractivity contribution in [3.05, 3.63) is 89.5 Å². The maximum Gasteiger partial charge on any atom is 0.270 e. The van der Waals surface area contributed by atoms with E-state index in [2.05, 4.69) is 30.5 Å². The van der Waals surface area contributed by atoms with Crippen molar-refractivity contribution >= 4 is 13.5 Å². The number of carbonyl (C=O) groups is 1. The van der Waals surface area contributed by atoms with E-state index in [0.717, 1.165) is 31.1 Å². The standard InChI is InChI=1S/C26H34F2N4O.CH2O/c1-7-16-31(6)25(30-5)24(20(2)29-4)32(18-21-12-9-8-10-13-21)19-33-23-15-11-14-22(17-23)26(3,27)28;1-2/h8-15,17,29H,2,5,7,16,18-19H2,1,3-4,6H3;1H2/b25-24+;. The van der Waals surface area contributed by atoms with Gasteiger partial charge in [-0.1, -0.05) is 56.0 Å². The molecule has 8 heteroatoms. The van der Waals surface area contributed by atoms with Crippen molar-refractivity contribution in [3.8, 4) is 5.75 Å². The Morgan fingerprint density at radius 3 is 2.34 bits per heavy atom. The van der Waals surface area contributed by atoms with Crippen LogP contribution < -0.4 is 10.1 Å². The Balaban J connectivity index is 0.00000298. The molecule has 0 aliphatic carbocycles. The maximum atomic E-state index is 13.8. The second-order valence-corrected chi connectivity index (χ2v) is 7.85. The number of rotatable bonds is 13. The van der Waals surface area contributed by atoms with Crippen molar-refractivity contribution in [1.82, 2.24) is 15.1 Å². The molecule has 0 atom stereocenters. The third kappa shape index (κ3) is 8.88. The number of alkyl halides is 2. The Morgan fingerprint density at radius 2 is 1.80 bits per heavy atom. The van der Waals surface area contributed by atoms with Gasteiger partial charge >= 0.3 is 0 Å². The molecule has 0 radical (unpaired) electrons. The first-order valence-corrected chi connectivity index (χ1v) is 11.2. The number of benzene rings is 2. The molecule has 0 spiro atoms. The zero-order valence-electron chi connectivity index (χ0n) is 21.1. The van der Waals surface area contributed by atoms with E-state index in [1.807, 2.05) is 54.0 Å². The van der Waals surface area contributed by atoms with Gasteiger partial charge in [-0.25, -0.2) is 13.8 Å². The molecule has 0 unspecified atom stereocenters. The Hall–Kier alpha value is -3.68. The van der Waals surface area contributed by atoms with Crippen molar-refractivity contribution < 1.29 is 18.3 Å². The van der Waals surface area contributed by atoms with Crippen LogP contribution in [0.5, 0.6) is 5.75 Å². The van der Waals surface area contributed by atoms with E-state index in [-0.39, 0.29) is 12.3 Å². The van der Waals surface area contributed by atoms with Crippen molar-refractivity contribution in [2.24, 2.45) is 4.99 Å². The molecule has 0 bridgehead atoms. The molecule has 6 nitrogen and oxygen atoms in total. The topological polar surface area (TPSA) is 57.2 Å². The average Bonchev–Trinajstić information content (AvgIpc) is 2.86. The van der Waals surface area contributed by atoms with Gasteiger partial charge in [0.05, 0.1) is 5.70 Å². The van der Waals surface area contributed by atoms with Gasteiger partial charge in [-0.15, -0.1) is 0 Å². The Bertz CT molecular complexity index is 975. The molecule has 0 aliphatic heterocycles. The molecule has 0 fully saturated rings. The quantitative estimate of drug-likeness (QED) is 0.234. The van der Waals surface area contributed by atoms with E-state index in [9.17, 15) is 8.78 Å². The lowest BCUT2D eigenvalue weighted by Gasteiger charge is -2.32. The molecule has 0 amide bonds. The highest BCUT2D eigenvalue weighted by atomic mass is 19.3. The largest absolute Gasteiger partial charge is 0.473 e. The van der Waals surface area contributed by atoms with E-state index in [1.165, 1.54) is 12.1 Å². The van der Waals surface area contributed by atoms with Gasteiger partial charge < -0.3 is 24.6 Å². The molecule has 0 saturated heterocycles. The fraction of sp³-hybridized carbons (Fsp3) is 0.333. The molecule has 0 saturated carbocycles. The Kier molecular flexibility index (Phi) is 12.2. The summed E-state index contributed by atoms with van der Waals surface area (Å²) in [5, 5.41) is 3.11. The summed E-state index contributed by atoms with van der Waals surface area (Å²) in [6, 6.07) is 15.9. The Labute approximate surface area is 207 Å². The smallest absolute Gasteiger partial charge is 0.270 e. The van der Waals surface area contributed by atoms with Crippen molar-refractivity contribution in [1.29, 1.82) is 0 Å². The fourth-order valence-electron chi connectivity index (χ4n) is 3.41. The predicted octanol–water partition coefficient (Wildman–Crippen LogP) is 5.40. The number of nitrogens with zero attached hydrogens (tertiary/aromatic N) is 3. The van der Waals surface area contributed by atoms with Crippen LogP contribution in [0.1, 0.15) is 31.4 Å². The molecule has 1 N–H and O–H groups in total. The number of hydrogen-bond donors (Lipinski definition) is 1. The first kappa shape index (κ1) is 29.4. The first-order chi connectivity index (χ1) is 16.7. The fourth-order valence-corrected chi connectivity index (χ4v) is 3.41. The van der Waals surface area contributed by atoms with Crippen LogP contribution in [-0.2, 0) is 17.3 Å². The van der Waals surface area contributed by atoms with Crippen LogP contribution in [0.2, 0.25) is 0 Å². The number of nitrogens with one attached hydrogen (secondary N) is 1. The average molecular weight is 487 g/mol. The van der Waals surface area contributed by atoms with Gasteiger partial charge in [-0.3, -0.25) is 0 Å². The van der Waals surface area contributed by atoms with Crippen LogP contribution in [0.3, 0.4) is 0 Å². The van der Waals surface area contributed by atoms with Gasteiger partial charge in [0.2, 0.25) is 0 Å². The number of halogens is 2. The van der Waals surface area contributed by atoms with Crippen molar-refractivity contribution in [2.45, 2.75) is 32.7 Å². The number of likely N-dealkylation sites (N-methyl/N-ethyl adjacent to an activating group) is 1. The molecule has 2 aromatic rings. The lowest BCUT2D eigenvalue weighted by molar-refractivity contribution is -0.0980. The molecule has 0 heterocycles. The molecule has 190 valence electrons. The summed E-state index contributed by atoms with van der Waals surface area (Å²) in [5.74, 6) is -1.93. The van der Waals surface area contributed by atoms with Crippen LogP contribution in [0.25, 0.3) is 0 Å². The van der Waals surface area contributed by atoms with E-state index in [1.54, 1.807) is 19.2 Å². The van der Waals surface area contributed by atoms with Gasteiger partial charge in [-0.05, 0) is 30.8 Å². The highest BCUT2D eigenvalue weighted by molar-refractivity contribution is 5.37. The normalized spacial score (nSPS) is 11.4. The summed E-state index contributed by atoms with van der Waals surface area (Å²) in [6.45, 7) is 14.3. The minimum Gasteiger partial charge on any atom is -0.473 e. The number of ether oxygens (including phenoxy) is 1. The molecule has 0 aromatic heterocycles. The maximum absolute atomic E-state index is 13.8. The van der Waals surface area contributed by atoms with E-state index in [4.69, 9.17) is 9.53 Å². The zero-order valence-corrected chi connectivity index (χ0v) is 21.1. The highest BCUT2D eigenvalue weighted by Gasteiger charge is 2.25. The molecule has 0 aliphatic rings. The first-order valence-electron chi connectivity index (χ1n) is 11.2. The van der Waals surface area contributed by atoms with Crippen molar-refractivity contribution in [2.75, 3.05) is 27.4 Å². The summed E-state index contributed by atoms with van der Waals surface area (Å²) in [7, 11) is 3.74. The minimum atomic E-state index is -2.95. The molecular weight excluding hydrogens is 450 g/mol. The third-order valence-corrected chi connectivity index (χ3v) is 5.13. The lowest BCUT2D eigenvalue weighted by atomic mass is 10.1. The second-order valence-electron chi connectivity index (χ2n) is 7.85. The SMILES string of the molecule is C=N/C(=C(/C(=C)NC)N(COc1cccc(C(C)(F)F)c1)Cc1ccccc1)N(C)CCC.C=O. The number of hydrogen-bond acceptors (Lipinski definition) is 6. The van der Waals surface area contributed by atoms with Gasteiger partial charge in [0.15, 0.2) is 12.6 Å².